The van der Waals surface area contributed by atoms with Crippen molar-refractivity contribution < 1.29 is 5.21 Å². The minimum absolute atomic E-state index is 0.803. The lowest BCUT2D eigenvalue weighted by molar-refractivity contribution is 0.321. The fraction of sp³-hybridized carbons (Fsp3) is 0. The highest BCUT2D eigenvalue weighted by Crippen LogP contribution is 2.13. The van der Waals surface area contributed by atoms with Crippen molar-refractivity contribution in [3.63, 3.8) is 0 Å². The normalized spacial score (nSPS) is 11.1. The molecular weight excluding hydrogens is 186 g/mol. The van der Waals surface area contributed by atoms with Crippen LogP contribution in [0.15, 0.2) is 35.1 Å². The standard InChI is InChI=1S/C8H7N3OS/c12-10-6-7-2-1-4-11(7)8-9-3-5-13-8/h1-6,12H/b10-6-. The molecule has 0 aliphatic heterocycles. The summed E-state index contributed by atoms with van der Waals surface area (Å²) in [5.74, 6) is 0. The van der Waals surface area contributed by atoms with Crippen molar-refractivity contribution in [1.82, 2.24) is 9.55 Å². The third-order valence-corrected chi connectivity index (χ3v) is 2.37. The molecule has 0 radical (unpaired) electrons. The van der Waals surface area contributed by atoms with Crippen LogP contribution in [0.4, 0.5) is 0 Å². The summed E-state index contributed by atoms with van der Waals surface area (Å²) in [6.45, 7) is 0. The van der Waals surface area contributed by atoms with Gasteiger partial charge >= 0.3 is 0 Å². The Kier molecular flexibility index (Phi) is 2.09. The number of nitrogens with zero attached hydrogens (tertiary/aromatic N) is 3. The van der Waals surface area contributed by atoms with Gasteiger partial charge < -0.3 is 5.21 Å². The Balaban J connectivity index is 2.46. The Hall–Kier alpha value is -1.62. The summed E-state index contributed by atoms with van der Waals surface area (Å²) in [7, 11) is 0. The number of hydrogen-bond donors (Lipinski definition) is 1. The van der Waals surface area contributed by atoms with E-state index in [0.29, 0.717) is 0 Å². The molecule has 0 saturated heterocycles. The van der Waals surface area contributed by atoms with E-state index < -0.39 is 0 Å². The number of thiazole rings is 1. The van der Waals surface area contributed by atoms with Gasteiger partial charge in [0.15, 0.2) is 5.13 Å². The minimum atomic E-state index is 0.803. The smallest absolute Gasteiger partial charge is 0.193 e. The topological polar surface area (TPSA) is 50.4 Å². The first-order valence-corrected chi connectivity index (χ1v) is 4.54. The zero-order chi connectivity index (χ0) is 9.10. The van der Waals surface area contributed by atoms with Crippen molar-refractivity contribution in [2.75, 3.05) is 0 Å². The molecule has 1 N–H and O–H groups in total. The van der Waals surface area contributed by atoms with Gasteiger partial charge in [-0.25, -0.2) is 4.98 Å². The SMILES string of the molecule is O/N=C\c1cccn1-c1nccs1. The van der Waals surface area contributed by atoms with Crippen LogP contribution < -0.4 is 0 Å². The van der Waals surface area contributed by atoms with Crippen LogP contribution in [0.5, 0.6) is 0 Å². The zero-order valence-corrected chi connectivity index (χ0v) is 7.48. The summed E-state index contributed by atoms with van der Waals surface area (Å²) in [6, 6.07) is 3.72. The molecule has 0 aromatic carbocycles. The Morgan fingerprint density at radius 3 is 3.23 bits per heavy atom. The second kappa shape index (κ2) is 3.40. The lowest BCUT2D eigenvalue weighted by Crippen LogP contribution is -1.96. The molecule has 0 unspecified atom stereocenters. The van der Waals surface area contributed by atoms with Crippen molar-refractivity contribution in [1.29, 1.82) is 0 Å². The van der Waals surface area contributed by atoms with E-state index in [0.717, 1.165) is 10.8 Å². The van der Waals surface area contributed by atoms with Gasteiger partial charge in [0, 0.05) is 17.8 Å². The highest BCUT2D eigenvalue weighted by atomic mass is 32.1. The van der Waals surface area contributed by atoms with E-state index in [-0.39, 0.29) is 0 Å². The van der Waals surface area contributed by atoms with Gasteiger partial charge in [0.25, 0.3) is 0 Å². The highest BCUT2D eigenvalue weighted by molar-refractivity contribution is 7.12. The van der Waals surface area contributed by atoms with Gasteiger partial charge in [-0.3, -0.25) is 4.57 Å². The lowest BCUT2D eigenvalue weighted by atomic mass is 10.5. The molecule has 2 rings (SSSR count). The average molecular weight is 193 g/mol. The minimum Gasteiger partial charge on any atom is -0.411 e. The lowest BCUT2D eigenvalue weighted by Gasteiger charge is -1.98. The van der Waals surface area contributed by atoms with Crippen LogP contribution in [0, 0.1) is 0 Å². The molecule has 0 aliphatic carbocycles. The Bertz CT molecular complexity index is 405. The van der Waals surface area contributed by atoms with Crippen LogP contribution in [0.3, 0.4) is 0 Å². The van der Waals surface area contributed by atoms with Gasteiger partial charge in [-0.15, -0.1) is 11.3 Å². The molecule has 2 aromatic heterocycles. The summed E-state index contributed by atoms with van der Waals surface area (Å²) >= 11 is 1.53. The van der Waals surface area contributed by atoms with E-state index >= 15 is 0 Å². The van der Waals surface area contributed by atoms with Crippen molar-refractivity contribution in [3.05, 3.63) is 35.6 Å². The molecule has 0 bridgehead atoms. The van der Waals surface area contributed by atoms with E-state index in [4.69, 9.17) is 5.21 Å². The second-order valence-electron chi connectivity index (χ2n) is 2.36. The zero-order valence-electron chi connectivity index (χ0n) is 6.66. The predicted molar refractivity (Wildman–Crippen MR) is 50.8 cm³/mol. The Morgan fingerprint density at radius 2 is 2.54 bits per heavy atom. The first-order valence-electron chi connectivity index (χ1n) is 3.66. The summed E-state index contributed by atoms with van der Waals surface area (Å²) in [5, 5.41) is 14.1. The van der Waals surface area contributed by atoms with Crippen molar-refractivity contribution in [2.24, 2.45) is 5.16 Å². The number of oxime groups is 1. The van der Waals surface area contributed by atoms with E-state index in [9.17, 15) is 0 Å². The van der Waals surface area contributed by atoms with Crippen molar-refractivity contribution in [2.45, 2.75) is 0 Å². The fourth-order valence-electron chi connectivity index (χ4n) is 1.07. The maximum Gasteiger partial charge on any atom is 0.193 e. The number of hydrogen-bond acceptors (Lipinski definition) is 4. The molecule has 2 heterocycles. The van der Waals surface area contributed by atoms with E-state index in [1.54, 1.807) is 6.20 Å². The molecule has 0 spiro atoms. The van der Waals surface area contributed by atoms with Crippen LogP contribution in [0.2, 0.25) is 0 Å². The van der Waals surface area contributed by atoms with Crippen LogP contribution in [0.1, 0.15) is 5.69 Å². The molecule has 0 aliphatic rings. The molecule has 0 amide bonds. The predicted octanol–water partition coefficient (Wildman–Crippen LogP) is 1.74. The first-order chi connectivity index (χ1) is 6.42. The molecule has 66 valence electrons. The number of aromatic nitrogens is 2. The van der Waals surface area contributed by atoms with Crippen LogP contribution in [-0.4, -0.2) is 21.0 Å². The van der Waals surface area contributed by atoms with Gasteiger partial charge in [-0.1, -0.05) is 5.16 Å². The van der Waals surface area contributed by atoms with E-state index in [2.05, 4.69) is 10.1 Å². The molecule has 0 fully saturated rings. The maximum atomic E-state index is 8.40. The van der Waals surface area contributed by atoms with Crippen molar-refractivity contribution >= 4 is 17.6 Å². The molecular formula is C8H7N3OS. The van der Waals surface area contributed by atoms with E-state index in [1.807, 2.05) is 28.3 Å². The monoisotopic (exact) mass is 193 g/mol. The van der Waals surface area contributed by atoms with Gasteiger partial charge in [-0.2, -0.15) is 0 Å². The second-order valence-corrected chi connectivity index (χ2v) is 3.24. The first kappa shape index (κ1) is 8.00. The van der Waals surface area contributed by atoms with Crippen LogP contribution in [0.25, 0.3) is 5.13 Å². The highest BCUT2D eigenvalue weighted by Gasteiger charge is 2.02. The molecule has 4 nitrogen and oxygen atoms in total. The van der Waals surface area contributed by atoms with Crippen molar-refractivity contribution in [3.8, 4) is 5.13 Å². The van der Waals surface area contributed by atoms with E-state index in [1.165, 1.54) is 17.6 Å². The summed E-state index contributed by atoms with van der Waals surface area (Å²) in [4.78, 5) is 4.14. The summed E-state index contributed by atoms with van der Waals surface area (Å²) in [5.41, 5.74) is 0.803. The van der Waals surface area contributed by atoms with Crippen LogP contribution in [-0.2, 0) is 0 Å². The van der Waals surface area contributed by atoms with Gasteiger partial charge in [0.2, 0.25) is 0 Å². The molecule has 2 aromatic rings. The molecule has 13 heavy (non-hydrogen) atoms. The average Bonchev–Trinajstić information content (AvgIpc) is 2.71. The van der Waals surface area contributed by atoms with Crippen LogP contribution >= 0.6 is 11.3 Å². The largest absolute Gasteiger partial charge is 0.411 e. The van der Waals surface area contributed by atoms with Gasteiger partial charge in [-0.05, 0) is 12.1 Å². The summed E-state index contributed by atoms with van der Waals surface area (Å²) < 4.78 is 1.85. The van der Waals surface area contributed by atoms with Gasteiger partial charge in [0.1, 0.15) is 0 Å². The van der Waals surface area contributed by atoms with Gasteiger partial charge in [0.05, 0.1) is 11.9 Å². The summed E-state index contributed by atoms with van der Waals surface area (Å²) in [6.07, 6.45) is 4.98. The molecule has 5 heteroatoms. The third-order valence-electron chi connectivity index (χ3n) is 1.60. The molecule has 0 atom stereocenters. The Labute approximate surface area is 78.8 Å². The maximum absolute atomic E-state index is 8.40. The quantitative estimate of drug-likeness (QED) is 0.448. The molecule has 0 saturated carbocycles. The fourth-order valence-corrected chi connectivity index (χ4v) is 1.71. The number of rotatable bonds is 2. The third kappa shape index (κ3) is 1.46. The Morgan fingerprint density at radius 1 is 1.62 bits per heavy atom.